The second kappa shape index (κ2) is 4.25. The summed E-state index contributed by atoms with van der Waals surface area (Å²) in [5.41, 5.74) is 0.581. The molecule has 0 bridgehead atoms. The summed E-state index contributed by atoms with van der Waals surface area (Å²) in [5.74, 6) is 0.260. The van der Waals surface area contributed by atoms with E-state index in [1.165, 1.54) is 0 Å². The van der Waals surface area contributed by atoms with Gasteiger partial charge in [0.2, 0.25) is 0 Å². The molecule has 3 N–H and O–H groups in total. The molecular weight excluding hydrogens is 280 g/mol. The maximum atomic E-state index is 12.3. The van der Waals surface area contributed by atoms with E-state index < -0.39 is 11.0 Å². The predicted octanol–water partition coefficient (Wildman–Crippen LogP) is 2.64. The number of ketones is 1. The highest BCUT2D eigenvalue weighted by Crippen LogP contribution is 2.62. The van der Waals surface area contributed by atoms with Crippen molar-refractivity contribution in [3.05, 3.63) is 23.3 Å². The molecule has 3 aliphatic rings. The summed E-state index contributed by atoms with van der Waals surface area (Å²) in [6.07, 6.45) is 4.20. The number of aromatic hydroxyl groups is 2. The maximum Gasteiger partial charge on any atom is 0.157 e. The lowest BCUT2D eigenvalue weighted by atomic mass is 9.53. The Hall–Kier alpha value is -1.55. The van der Waals surface area contributed by atoms with E-state index in [9.17, 15) is 20.1 Å². The Kier molecular flexibility index (Phi) is 2.72. The molecule has 0 amide bonds. The van der Waals surface area contributed by atoms with Crippen molar-refractivity contribution in [3.8, 4) is 11.5 Å². The number of phenols is 2. The molecule has 4 nitrogen and oxygen atoms in total. The number of hydrogen-bond acceptors (Lipinski definition) is 4. The molecule has 4 heteroatoms. The zero-order valence-electron chi connectivity index (χ0n) is 12.8. The fraction of sp³-hybridized carbons (Fsp3) is 0.611. The third-order valence-electron chi connectivity index (χ3n) is 6.72. The van der Waals surface area contributed by atoms with E-state index in [-0.39, 0.29) is 29.1 Å². The van der Waals surface area contributed by atoms with Crippen molar-refractivity contribution < 1.29 is 20.1 Å². The molecule has 4 rings (SSSR count). The zero-order chi connectivity index (χ0) is 15.7. The van der Waals surface area contributed by atoms with E-state index in [1.807, 2.05) is 6.92 Å². The molecule has 3 aliphatic carbocycles. The van der Waals surface area contributed by atoms with Gasteiger partial charge in [-0.3, -0.25) is 4.79 Å². The summed E-state index contributed by atoms with van der Waals surface area (Å²) in [5, 5.41) is 30.9. The number of carbonyl (C=O) groups excluding carboxylic acids is 1. The van der Waals surface area contributed by atoms with Crippen LogP contribution in [0.25, 0.3) is 0 Å². The van der Waals surface area contributed by atoms with Crippen molar-refractivity contribution in [2.24, 2.45) is 11.3 Å². The molecule has 0 radical (unpaired) electrons. The molecule has 118 valence electrons. The summed E-state index contributed by atoms with van der Waals surface area (Å²) in [7, 11) is 0. The van der Waals surface area contributed by atoms with E-state index in [0.717, 1.165) is 30.4 Å². The molecule has 22 heavy (non-hydrogen) atoms. The van der Waals surface area contributed by atoms with Crippen LogP contribution in [0.1, 0.15) is 56.1 Å². The van der Waals surface area contributed by atoms with Crippen LogP contribution in [0.2, 0.25) is 0 Å². The number of aliphatic hydroxyl groups is 1. The minimum absolute atomic E-state index is 0.0640. The van der Waals surface area contributed by atoms with Gasteiger partial charge in [0.1, 0.15) is 5.78 Å². The highest BCUT2D eigenvalue weighted by Gasteiger charge is 2.64. The number of hydrogen-bond donors (Lipinski definition) is 3. The van der Waals surface area contributed by atoms with Crippen molar-refractivity contribution in [2.45, 2.75) is 57.0 Å². The van der Waals surface area contributed by atoms with Gasteiger partial charge in [0.15, 0.2) is 11.5 Å². The van der Waals surface area contributed by atoms with Gasteiger partial charge < -0.3 is 15.3 Å². The average molecular weight is 302 g/mol. The van der Waals surface area contributed by atoms with Gasteiger partial charge >= 0.3 is 0 Å². The summed E-state index contributed by atoms with van der Waals surface area (Å²) in [6.45, 7) is 1.93. The first kappa shape index (κ1) is 14.1. The van der Waals surface area contributed by atoms with Crippen molar-refractivity contribution >= 4 is 5.78 Å². The van der Waals surface area contributed by atoms with E-state index in [4.69, 9.17) is 0 Å². The molecule has 0 aromatic heterocycles. The molecule has 0 saturated heterocycles. The Morgan fingerprint density at radius 1 is 1.09 bits per heavy atom. The van der Waals surface area contributed by atoms with Crippen LogP contribution >= 0.6 is 0 Å². The number of carbonyl (C=O) groups is 1. The van der Waals surface area contributed by atoms with Gasteiger partial charge in [-0.1, -0.05) is 0 Å². The van der Waals surface area contributed by atoms with Crippen molar-refractivity contribution in [3.63, 3.8) is 0 Å². The van der Waals surface area contributed by atoms with Gasteiger partial charge in [-0.15, -0.1) is 0 Å². The Labute approximate surface area is 129 Å². The van der Waals surface area contributed by atoms with E-state index in [0.29, 0.717) is 19.3 Å². The third kappa shape index (κ3) is 1.54. The molecule has 1 aromatic rings. The lowest BCUT2D eigenvalue weighted by Gasteiger charge is -2.53. The van der Waals surface area contributed by atoms with Gasteiger partial charge in [-0.25, -0.2) is 0 Å². The van der Waals surface area contributed by atoms with Gasteiger partial charge in [0.25, 0.3) is 0 Å². The molecule has 0 unspecified atom stereocenters. The molecule has 1 aromatic carbocycles. The molecule has 0 heterocycles. The second-order valence-corrected chi connectivity index (χ2v) is 7.51. The topological polar surface area (TPSA) is 77.8 Å². The van der Waals surface area contributed by atoms with Crippen LogP contribution in [0.3, 0.4) is 0 Å². The van der Waals surface area contributed by atoms with Crippen LogP contribution < -0.4 is 0 Å². The fourth-order valence-corrected chi connectivity index (χ4v) is 5.35. The van der Waals surface area contributed by atoms with Crippen molar-refractivity contribution in [1.29, 1.82) is 0 Å². The van der Waals surface area contributed by atoms with Crippen LogP contribution in [0, 0.1) is 11.3 Å². The van der Waals surface area contributed by atoms with Crippen LogP contribution in [0.5, 0.6) is 11.5 Å². The molecule has 4 atom stereocenters. The van der Waals surface area contributed by atoms with Crippen molar-refractivity contribution in [2.75, 3.05) is 0 Å². The smallest absolute Gasteiger partial charge is 0.157 e. The number of fused-ring (bicyclic) bond motifs is 5. The average Bonchev–Trinajstić information content (AvgIpc) is 2.73. The highest BCUT2D eigenvalue weighted by molar-refractivity contribution is 5.88. The monoisotopic (exact) mass is 302 g/mol. The highest BCUT2D eigenvalue weighted by atomic mass is 16.3. The zero-order valence-corrected chi connectivity index (χ0v) is 12.8. The third-order valence-corrected chi connectivity index (χ3v) is 6.72. The molecule has 0 aliphatic heterocycles. The van der Waals surface area contributed by atoms with Gasteiger partial charge in [0.05, 0.1) is 11.0 Å². The number of rotatable bonds is 0. The van der Waals surface area contributed by atoms with E-state index >= 15 is 0 Å². The molecule has 0 spiro atoms. The minimum atomic E-state index is -0.918. The van der Waals surface area contributed by atoms with Crippen LogP contribution in [0.15, 0.2) is 12.1 Å². The van der Waals surface area contributed by atoms with Crippen LogP contribution in [-0.4, -0.2) is 26.7 Å². The maximum absolute atomic E-state index is 12.3. The summed E-state index contributed by atoms with van der Waals surface area (Å²) >= 11 is 0. The second-order valence-electron chi connectivity index (χ2n) is 7.51. The normalized spacial score (nSPS) is 40.0. The Morgan fingerprint density at radius 3 is 2.59 bits per heavy atom. The largest absolute Gasteiger partial charge is 0.504 e. The van der Waals surface area contributed by atoms with Gasteiger partial charge in [-0.2, -0.15) is 0 Å². The Bertz CT molecular complexity index is 667. The first-order chi connectivity index (χ1) is 10.4. The molecule has 2 fully saturated rings. The minimum Gasteiger partial charge on any atom is -0.504 e. The predicted molar refractivity (Wildman–Crippen MR) is 80.9 cm³/mol. The lowest BCUT2D eigenvalue weighted by molar-refractivity contribution is -0.157. The van der Waals surface area contributed by atoms with Crippen molar-refractivity contribution in [1.82, 2.24) is 0 Å². The van der Waals surface area contributed by atoms with Gasteiger partial charge in [-0.05, 0) is 74.1 Å². The van der Waals surface area contributed by atoms with E-state index in [2.05, 4.69) is 0 Å². The number of benzene rings is 1. The summed E-state index contributed by atoms with van der Waals surface area (Å²) in [6, 6.07) is 3.31. The van der Waals surface area contributed by atoms with Gasteiger partial charge in [0, 0.05) is 6.42 Å². The standard InChI is InChI=1S/C18H22O4/c1-17-6-4-11-12-9-15(20)14(19)8-10(12)2-3-13(11)18(17,22)7-5-16(17)21/h8-9,11,13,19-20,22H,2-7H2,1H3/t11-,13-,17-,18+/m1/s1. The van der Waals surface area contributed by atoms with Crippen LogP contribution in [-0.2, 0) is 11.2 Å². The number of phenolic OH excluding ortho intramolecular Hbond substituents is 2. The Balaban J connectivity index is 1.80. The van der Waals surface area contributed by atoms with E-state index in [1.54, 1.807) is 12.1 Å². The first-order valence-corrected chi connectivity index (χ1v) is 8.17. The summed E-state index contributed by atoms with van der Waals surface area (Å²) in [4.78, 5) is 12.3. The quantitative estimate of drug-likeness (QED) is 0.644. The SMILES string of the molecule is C[C@]12CC[C@@H]3c4cc(O)c(O)cc4CC[C@H]3[C@@]1(O)CCC2=O. The first-order valence-electron chi connectivity index (χ1n) is 8.17. The molecule has 2 saturated carbocycles. The van der Waals surface area contributed by atoms with Crippen LogP contribution in [0.4, 0.5) is 0 Å². The lowest BCUT2D eigenvalue weighted by Crippen LogP contribution is -2.56. The number of Topliss-reactive ketones (excluding diaryl/α,β-unsaturated/α-hetero) is 1. The fourth-order valence-electron chi connectivity index (χ4n) is 5.35. The number of aryl methyl sites for hydroxylation is 1. The molecular formula is C18H22O4. The summed E-state index contributed by atoms with van der Waals surface area (Å²) < 4.78 is 0. The Morgan fingerprint density at radius 2 is 1.82 bits per heavy atom.